The minimum Gasteiger partial charge on any atom is -0.479 e. The van der Waals surface area contributed by atoms with Gasteiger partial charge in [0, 0.05) is 0 Å². The van der Waals surface area contributed by atoms with Crippen molar-refractivity contribution < 1.29 is 26.9 Å². The first-order valence-electron chi connectivity index (χ1n) is 5.88. The highest BCUT2D eigenvalue weighted by atomic mass is 32.2. The molecule has 0 radical (unpaired) electrons. The van der Waals surface area contributed by atoms with Crippen molar-refractivity contribution in [1.82, 2.24) is 0 Å². The molecule has 1 atom stereocenters. The molecule has 8 heteroatoms. The maximum absolute atomic E-state index is 11.3. The maximum Gasteiger partial charge on any atom is 0.336 e. The van der Waals surface area contributed by atoms with Gasteiger partial charge in [-0.3, -0.25) is 0 Å². The smallest absolute Gasteiger partial charge is 0.336 e. The van der Waals surface area contributed by atoms with E-state index in [-0.39, 0.29) is 5.75 Å². The number of hydrogen-bond acceptors (Lipinski definition) is 5. The largest absolute Gasteiger partial charge is 0.479 e. The van der Waals surface area contributed by atoms with Crippen LogP contribution in [0.2, 0.25) is 19.6 Å². The highest BCUT2D eigenvalue weighted by Crippen LogP contribution is 2.26. The van der Waals surface area contributed by atoms with E-state index in [4.69, 9.17) is 8.61 Å². The number of aliphatic carboxylic acids is 1. The zero-order valence-electron chi connectivity index (χ0n) is 11.8. The van der Waals surface area contributed by atoms with Crippen LogP contribution in [-0.4, -0.2) is 34.1 Å². The Labute approximate surface area is 119 Å². The summed E-state index contributed by atoms with van der Waals surface area (Å²) >= 11 is 0. The molecule has 0 aliphatic rings. The molecule has 0 aliphatic heterocycles. The Balaban J connectivity index is 3.09. The summed E-state index contributed by atoms with van der Waals surface area (Å²) in [6.07, 6.45) is -0.211. The number of hydrogen-bond donors (Lipinski definition) is 1. The Hall–Kier alpha value is -1.38. The van der Waals surface area contributed by atoms with E-state index in [1.165, 1.54) is 18.2 Å². The molecule has 0 aromatic heterocycles. The average Bonchev–Trinajstić information content (AvgIpc) is 2.22. The number of carbonyl (C=O) groups is 1. The van der Waals surface area contributed by atoms with Crippen LogP contribution in [0.1, 0.15) is 11.7 Å². The van der Waals surface area contributed by atoms with Crippen LogP contribution in [0.15, 0.2) is 24.3 Å². The van der Waals surface area contributed by atoms with Gasteiger partial charge in [-0.1, -0.05) is 12.1 Å². The molecule has 1 aromatic rings. The predicted octanol–water partition coefficient (Wildman–Crippen LogP) is 2.00. The second-order valence-electron chi connectivity index (χ2n) is 5.31. The van der Waals surface area contributed by atoms with Gasteiger partial charge in [0.1, 0.15) is 5.75 Å². The second-order valence-corrected chi connectivity index (χ2v) is 11.3. The molecule has 0 bridgehead atoms. The van der Waals surface area contributed by atoms with E-state index >= 15 is 0 Å². The summed E-state index contributed by atoms with van der Waals surface area (Å²) in [4.78, 5) is 11.3. The van der Waals surface area contributed by atoms with E-state index in [9.17, 15) is 18.3 Å². The maximum atomic E-state index is 11.3. The third-order valence-electron chi connectivity index (χ3n) is 2.10. The van der Waals surface area contributed by atoms with Gasteiger partial charge < -0.3 is 13.7 Å². The standard InChI is InChI=1S/C12H18O6SSi/c1-19(15,16)17-10-7-5-6-9(8-10)11(12(13)14)18-20(2,3)4/h5-8,11H,1-4H3,(H,13,14). The first kappa shape index (κ1) is 16.7. The Morgan fingerprint density at radius 3 is 2.35 bits per heavy atom. The van der Waals surface area contributed by atoms with Crippen LogP contribution in [0.25, 0.3) is 0 Å². The number of benzene rings is 1. The average molecular weight is 318 g/mol. The summed E-state index contributed by atoms with van der Waals surface area (Å²) in [6.45, 7) is 5.62. The molecule has 1 N–H and O–H groups in total. The zero-order valence-corrected chi connectivity index (χ0v) is 13.6. The van der Waals surface area contributed by atoms with Crippen LogP contribution < -0.4 is 4.18 Å². The second kappa shape index (κ2) is 5.94. The summed E-state index contributed by atoms with van der Waals surface area (Å²) < 4.78 is 32.5. The van der Waals surface area contributed by atoms with Gasteiger partial charge >= 0.3 is 16.1 Å². The monoisotopic (exact) mass is 318 g/mol. The molecule has 0 spiro atoms. The molecule has 112 valence electrons. The van der Waals surface area contributed by atoms with E-state index in [1.54, 1.807) is 6.07 Å². The summed E-state index contributed by atoms with van der Waals surface area (Å²) in [5.41, 5.74) is 0.348. The normalized spacial score (nSPS) is 13.8. The van der Waals surface area contributed by atoms with Gasteiger partial charge in [0.25, 0.3) is 0 Å². The topological polar surface area (TPSA) is 89.9 Å². The van der Waals surface area contributed by atoms with Gasteiger partial charge in [-0.2, -0.15) is 8.42 Å². The summed E-state index contributed by atoms with van der Waals surface area (Å²) in [5, 5.41) is 9.25. The molecule has 1 rings (SSSR count). The minimum absolute atomic E-state index is 0.0652. The minimum atomic E-state index is -3.65. The van der Waals surface area contributed by atoms with Crippen molar-refractivity contribution >= 4 is 24.4 Å². The van der Waals surface area contributed by atoms with Crippen molar-refractivity contribution in [1.29, 1.82) is 0 Å². The van der Waals surface area contributed by atoms with Gasteiger partial charge in [0.2, 0.25) is 0 Å². The molecule has 1 aromatic carbocycles. The van der Waals surface area contributed by atoms with E-state index in [0.717, 1.165) is 6.26 Å². The van der Waals surface area contributed by atoms with E-state index in [1.807, 2.05) is 19.6 Å². The molecule has 0 saturated carbocycles. The molecular formula is C12H18O6SSi. The SMILES string of the molecule is C[Si](C)(C)OC(C(=O)O)c1cccc(OS(C)(=O)=O)c1. The molecule has 0 saturated heterocycles. The van der Waals surface area contributed by atoms with Crippen molar-refractivity contribution in [3.05, 3.63) is 29.8 Å². The van der Waals surface area contributed by atoms with Crippen molar-refractivity contribution in [2.45, 2.75) is 25.7 Å². The lowest BCUT2D eigenvalue weighted by atomic mass is 10.1. The Kier molecular flexibility index (Phi) is 4.95. The van der Waals surface area contributed by atoms with Crippen molar-refractivity contribution in [2.75, 3.05) is 6.26 Å². The fraction of sp³-hybridized carbons (Fsp3) is 0.417. The zero-order chi connectivity index (χ0) is 15.6. The highest BCUT2D eigenvalue weighted by Gasteiger charge is 2.28. The lowest BCUT2D eigenvalue weighted by molar-refractivity contribution is -0.145. The highest BCUT2D eigenvalue weighted by molar-refractivity contribution is 7.86. The van der Waals surface area contributed by atoms with Crippen LogP contribution >= 0.6 is 0 Å². The van der Waals surface area contributed by atoms with Crippen molar-refractivity contribution in [3.8, 4) is 5.75 Å². The number of carboxylic acid groups (broad SMARTS) is 1. The fourth-order valence-corrected chi connectivity index (χ4v) is 2.92. The van der Waals surface area contributed by atoms with Gasteiger partial charge in [-0.15, -0.1) is 0 Å². The molecule has 1 unspecified atom stereocenters. The molecule has 6 nitrogen and oxygen atoms in total. The summed E-state index contributed by atoms with van der Waals surface area (Å²) in [7, 11) is -5.72. The molecule has 0 aliphatic carbocycles. The van der Waals surface area contributed by atoms with Crippen molar-refractivity contribution in [2.24, 2.45) is 0 Å². The quantitative estimate of drug-likeness (QED) is 0.637. The van der Waals surface area contributed by atoms with Gasteiger partial charge in [0.05, 0.1) is 6.26 Å². The predicted molar refractivity (Wildman–Crippen MR) is 76.7 cm³/mol. The number of carboxylic acids is 1. The third-order valence-corrected chi connectivity index (χ3v) is 3.54. The van der Waals surface area contributed by atoms with Crippen LogP contribution in [0.3, 0.4) is 0 Å². The van der Waals surface area contributed by atoms with Gasteiger partial charge in [-0.25, -0.2) is 4.79 Å². The van der Waals surface area contributed by atoms with Gasteiger partial charge in [0.15, 0.2) is 14.4 Å². The Morgan fingerprint density at radius 2 is 1.90 bits per heavy atom. The van der Waals surface area contributed by atoms with Gasteiger partial charge in [-0.05, 0) is 37.3 Å². The van der Waals surface area contributed by atoms with E-state index < -0.39 is 30.5 Å². The molecule has 0 fully saturated rings. The first-order valence-corrected chi connectivity index (χ1v) is 11.1. The third kappa shape index (κ3) is 5.72. The molecular weight excluding hydrogens is 300 g/mol. The van der Waals surface area contributed by atoms with E-state index in [2.05, 4.69) is 0 Å². The van der Waals surface area contributed by atoms with Crippen LogP contribution in [0, 0.1) is 0 Å². The Morgan fingerprint density at radius 1 is 1.30 bits per heavy atom. The number of rotatable bonds is 6. The molecule has 0 amide bonds. The van der Waals surface area contributed by atoms with Crippen LogP contribution in [-0.2, 0) is 19.3 Å². The summed E-state index contributed by atoms with van der Waals surface area (Å²) in [5.74, 6) is -1.06. The van der Waals surface area contributed by atoms with Crippen molar-refractivity contribution in [3.63, 3.8) is 0 Å². The fourth-order valence-electron chi connectivity index (χ4n) is 1.52. The Bertz CT molecular complexity index is 590. The van der Waals surface area contributed by atoms with E-state index in [0.29, 0.717) is 5.56 Å². The lowest BCUT2D eigenvalue weighted by Gasteiger charge is -2.23. The van der Waals surface area contributed by atoms with Crippen LogP contribution in [0.4, 0.5) is 0 Å². The lowest BCUT2D eigenvalue weighted by Crippen LogP contribution is -2.31. The first-order chi connectivity index (χ1) is 8.98. The molecule has 0 heterocycles. The van der Waals surface area contributed by atoms with Crippen LogP contribution in [0.5, 0.6) is 5.75 Å². The summed E-state index contributed by atoms with van der Waals surface area (Å²) in [6, 6.07) is 5.89. The molecule has 20 heavy (non-hydrogen) atoms.